The number of unbranched alkanes of at least 4 members (excludes halogenated alkanes) is 6. The Labute approximate surface area is 229 Å². The molecule has 0 fully saturated rings. The first-order valence-corrected chi connectivity index (χ1v) is 30.5. The molecular weight excluding hydrogens is 638 g/mol. The molecule has 0 unspecified atom stereocenters. The molecule has 0 aliphatic carbocycles. The van der Waals surface area contributed by atoms with Crippen LogP contribution in [0.4, 0.5) is 5.82 Å². The van der Waals surface area contributed by atoms with Crippen molar-refractivity contribution in [2.45, 2.75) is 145 Å². The molecule has 2 nitrogen and oxygen atoms in total. The second kappa shape index (κ2) is 18.7. The second-order valence-electron chi connectivity index (χ2n) is 11.7. The predicted octanol–water partition coefficient (Wildman–Crippen LogP) is 9.26. The van der Waals surface area contributed by atoms with Gasteiger partial charge in [0.1, 0.15) is 0 Å². The van der Waals surface area contributed by atoms with Gasteiger partial charge < -0.3 is 0 Å². The second-order valence-corrected chi connectivity index (χ2v) is 38.0. The van der Waals surface area contributed by atoms with Crippen molar-refractivity contribution in [1.82, 2.24) is 4.98 Å². The molecule has 0 atom stereocenters. The monoisotopic (exact) mass is 702 g/mol. The van der Waals surface area contributed by atoms with Crippen LogP contribution in [0.1, 0.15) is 119 Å². The molecule has 1 aromatic rings. The zero-order chi connectivity index (χ0) is 26.2. The third-order valence-corrected chi connectivity index (χ3v) is 39.6. The summed E-state index contributed by atoms with van der Waals surface area (Å²) in [4.78, 5) is 7.76. The van der Waals surface area contributed by atoms with Gasteiger partial charge in [0.2, 0.25) is 0 Å². The first kappa shape index (κ1) is 33.6. The molecule has 0 spiro atoms. The van der Waals surface area contributed by atoms with Gasteiger partial charge in [-0.15, -0.1) is 0 Å². The molecule has 204 valence electrons. The Balaban J connectivity index is 3.80. The number of anilines is 1. The molecule has 1 aromatic heterocycles. The van der Waals surface area contributed by atoms with Crippen molar-refractivity contribution in [1.29, 1.82) is 0 Å². The van der Waals surface area contributed by atoms with Crippen molar-refractivity contribution in [3.63, 3.8) is 0 Å². The number of aromatic nitrogens is 1. The summed E-state index contributed by atoms with van der Waals surface area (Å²) < 4.78 is 12.9. The Morgan fingerprint density at radius 3 is 1.23 bits per heavy atom. The number of hydrogen-bond donors (Lipinski definition) is 0. The van der Waals surface area contributed by atoms with E-state index in [9.17, 15) is 0 Å². The zero-order valence-electron chi connectivity index (χ0n) is 25.3. The van der Waals surface area contributed by atoms with Gasteiger partial charge in [-0.1, -0.05) is 0 Å². The van der Waals surface area contributed by atoms with Crippen LogP contribution in [0.5, 0.6) is 0 Å². The third-order valence-electron chi connectivity index (χ3n) is 8.53. The van der Waals surface area contributed by atoms with Crippen molar-refractivity contribution in [2.24, 2.45) is 0 Å². The molecule has 0 bridgehead atoms. The standard InChI is InChI=1S/C7H8N2.6C4H9.2Sn/c1-9(2)7-5-3-4-6-8-7;6*1-3-4-2;;/h3,6H,1-2H3;6*1,3-4H2,2H3;;. The van der Waals surface area contributed by atoms with Crippen LogP contribution in [0.2, 0.25) is 26.6 Å². The molecule has 1 heterocycles. The van der Waals surface area contributed by atoms with E-state index in [0.717, 1.165) is 0 Å². The van der Waals surface area contributed by atoms with Crippen LogP contribution in [-0.2, 0) is 0 Å². The van der Waals surface area contributed by atoms with Crippen LogP contribution in [0.3, 0.4) is 0 Å². The van der Waals surface area contributed by atoms with Gasteiger partial charge in [0, 0.05) is 0 Å². The first-order valence-electron chi connectivity index (χ1n) is 15.6. The molecule has 0 saturated carbocycles. The minimum absolute atomic E-state index is 1.34. The van der Waals surface area contributed by atoms with Gasteiger partial charge in [0.15, 0.2) is 0 Å². The number of hydrogen-bond acceptors (Lipinski definition) is 2. The summed E-state index contributed by atoms with van der Waals surface area (Å²) in [6.45, 7) is 14.4. The fourth-order valence-electron chi connectivity index (χ4n) is 6.17. The van der Waals surface area contributed by atoms with Crippen LogP contribution in [-0.4, -0.2) is 55.8 Å². The van der Waals surface area contributed by atoms with Gasteiger partial charge in [-0.2, -0.15) is 0 Å². The topological polar surface area (TPSA) is 16.1 Å². The summed E-state index contributed by atoms with van der Waals surface area (Å²) in [5.41, 5.74) is 0. The SMILES string of the molecule is CCC[CH2][Sn]([CH2]CCC)([CH2]CCC)[c]1cnc(N(C)C)[c]([Sn]([CH2]CCC)([CH2]CCC)[CH2]CCC)c1. The summed E-state index contributed by atoms with van der Waals surface area (Å²) in [6, 6.07) is 2.89. The Bertz CT molecular complexity index is 630. The summed E-state index contributed by atoms with van der Waals surface area (Å²) in [5.74, 6) is 1.36. The van der Waals surface area contributed by atoms with E-state index in [2.05, 4.69) is 72.8 Å². The minimum atomic E-state index is -2.59. The summed E-state index contributed by atoms with van der Waals surface area (Å²) in [6.07, 6.45) is 19.1. The third kappa shape index (κ3) is 10.3. The fraction of sp³-hybridized carbons (Fsp3) is 0.839. The molecule has 0 amide bonds. The molecule has 0 radical (unpaired) electrons. The van der Waals surface area contributed by atoms with E-state index in [0.29, 0.717) is 0 Å². The van der Waals surface area contributed by atoms with Gasteiger partial charge in [-0.05, 0) is 0 Å². The molecule has 0 aromatic carbocycles. The Hall–Kier alpha value is 0.547. The van der Waals surface area contributed by atoms with Gasteiger partial charge >= 0.3 is 231 Å². The Kier molecular flexibility index (Phi) is 18.0. The van der Waals surface area contributed by atoms with E-state index in [1.54, 1.807) is 26.6 Å². The molecule has 0 saturated heterocycles. The van der Waals surface area contributed by atoms with Crippen molar-refractivity contribution < 1.29 is 0 Å². The zero-order valence-corrected chi connectivity index (χ0v) is 31.0. The molecule has 0 N–H and O–H groups in total. The Morgan fingerprint density at radius 2 is 0.914 bits per heavy atom. The molecule has 35 heavy (non-hydrogen) atoms. The molecule has 0 aliphatic rings. The molecule has 0 aliphatic heterocycles. The summed E-state index contributed by atoms with van der Waals surface area (Å²) in [7, 11) is 4.51. The van der Waals surface area contributed by atoms with Crippen molar-refractivity contribution in [3.05, 3.63) is 12.3 Å². The van der Waals surface area contributed by atoms with E-state index in [4.69, 9.17) is 4.98 Å². The van der Waals surface area contributed by atoms with E-state index < -0.39 is 36.8 Å². The van der Waals surface area contributed by atoms with Gasteiger partial charge in [-0.3, -0.25) is 0 Å². The van der Waals surface area contributed by atoms with E-state index in [1.165, 1.54) is 82.9 Å². The summed E-state index contributed by atoms with van der Waals surface area (Å²) >= 11 is -5.10. The predicted molar refractivity (Wildman–Crippen MR) is 168 cm³/mol. The van der Waals surface area contributed by atoms with Crippen LogP contribution in [0.25, 0.3) is 0 Å². The Morgan fingerprint density at radius 1 is 0.571 bits per heavy atom. The van der Waals surface area contributed by atoms with Crippen molar-refractivity contribution in [3.8, 4) is 0 Å². The molecular formula is C31H62N2Sn2. The van der Waals surface area contributed by atoms with Gasteiger partial charge in [0.25, 0.3) is 0 Å². The molecule has 1 rings (SSSR count). The number of pyridine rings is 1. The maximum atomic E-state index is 5.39. The maximum absolute atomic E-state index is 5.39. The number of rotatable bonds is 21. The van der Waals surface area contributed by atoms with Crippen molar-refractivity contribution in [2.75, 3.05) is 19.0 Å². The fourth-order valence-corrected chi connectivity index (χ4v) is 39.8. The van der Waals surface area contributed by atoms with E-state index in [-0.39, 0.29) is 0 Å². The van der Waals surface area contributed by atoms with E-state index >= 15 is 0 Å². The van der Waals surface area contributed by atoms with E-state index in [1.807, 2.05) is 7.16 Å². The van der Waals surface area contributed by atoms with Crippen LogP contribution >= 0.6 is 0 Å². The normalized spacial score (nSPS) is 12.3. The van der Waals surface area contributed by atoms with Crippen LogP contribution < -0.4 is 12.1 Å². The van der Waals surface area contributed by atoms with Crippen molar-refractivity contribution >= 4 is 49.7 Å². The quantitative estimate of drug-likeness (QED) is 0.119. The van der Waals surface area contributed by atoms with Crippen LogP contribution in [0.15, 0.2) is 12.3 Å². The van der Waals surface area contributed by atoms with Gasteiger partial charge in [-0.25, -0.2) is 0 Å². The van der Waals surface area contributed by atoms with Crippen LogP contribution in [0, 0.1) is 0 Å². The number of nitrogens with zero attached hydrogens (tertiary/aromatic N) is 2. The van der Waals surface area contributed by atoms with Gasteiger partial charge in [0.05, 0.1) is 0 Å². The average Bonchev–Trinajstić information content (AvgIpc) is 2.88. The molecule has 4 heteroatoms. The first-order chi connectivity index (χ1) is 16.9. The average molecular weight is 700 g/mol. The summed E-state index contributed by atoms with van der Waals surface area (Å²) in [5, 5.41) is 0.